The zero-order chi connectivity index (χ0) is 9.72. The Labute approximate surface area is 73.3 Å². The highest BCUT2D eigenvalue weighted by atomic mass is 32.2. The lowest BCUT2D eigenvalue weighted by Gasteiger charge is -2.02. The molecule has 6 heteroatoms. The third kappa shape index (κ3) is 4.09. The molecule has 68 valence electrons. The maximum atomic E-state index is 10.6. The van der Waals surface area contributed by atoms with Gasteiger partial charge in [-0.25, -0.2) is 0 Å². The van der Waals surface area contributed by atoms with Crippen LogP contribution in [0.3, 0.4) is 0 Å². The van der Waals surface area contributed by atoms with Gasteiger partial charge in [-0.2, -0.15) is 0 Å². The van der Waals surface area contributed by atoms with Crippen molar-refractivity contribution < 1.29 is 19.5 Å². The number of carbonyl (C=O) groups is 3. The van der Waals surface area contributed by atoms with Crippen molar-refractivity contribution in [2.45, 2.75) is 13.0 Å². The molecule has 0 heterocycles. The van der Waals surface area contributed by atoms with Crippen molar-refractivity contribution in [1.82, 2.24) is 0 Å². The van der Waals surface area contributed by atoms with E-state index in [4.69, 9.17) is 10.8 Å². The number of aliphatic carboxylic acids is 1. The molecule has 0 aromatic heterocycles. The first-order valence-electron chi connectivity index (χ1n) is 3.11. The first-order chi connectivity index (χ1) is 5.45. The molecule has 0 aliphatic carbocycles. The Morgan fingerprint density at radius 2 is 2.00 bits per heavy atom. The molecular formula is C6H9NO4S. The van der Waals surface area contributed by atoms with Crippen LogP contribution in [0.5, 0.6) is 0 Å². The molecule has 0 saturated carbocycles. The Morgan fingerprint density at radius 1 is 1.50 bits per heavy atom. The maximum Gasteiger partial charge on any atom is 0.321 e. The molecule has 0 aliphatic heterocycles. The Hall–Kier alpha value is -0.880. The van der Waals surface area contributed by atoms with E-state index in [1.165, 1.54) is 0 Å². The highest BCUT2D eigenvalue weighted by Gasteiger charge is 2.15. The number of Topliss-reactive ketones (excluding diaryl/α,β-unsaturated/α-hetero) is 1. The van der Waals surface area contributed by atoms with Gasteiger partial charge in [0.25, 0.3) is 5.12 Å². The SMILES string of the molecule is CC(=O)C(=O)SC[C@H](N)C(=O)O. The van der Waals surface area contributed by atoms with E-state index in [1.54, 1.807) is 0 Å². The number of ketones is 1. The Morgan fingerprint density at radius 3 is 2.33 bits per heavy atom. The molecule has 0 amide bonds. The van der Waals surface area contributed by atoms with Gasteiger partial charge in [-0.1, -0.05) is 11.8 Å². The number of hydrogen-bond donors (Lipinski definition) is 2. The summed E-state index contributed by atoms with van der Waals surface area (Å²) in [4.78, 5) is 31.1. The summed E-state index contributed by atoms with van der Waals surface area (Å²) in [5.41, 5.74) is 5.08. The van der Waals surface area contributed by atoms with E-state index in [-0.39, 0.29) is 5.75 Å². The number of carboxylic acid groups (broad SMARTS) is 1. The van der Waals surface area contributed by atoms with E-state index in [1.807, 2.05) is 0 Å². The van der Waals surface area contributed by atoms with Crippen LogP contribution in [0.15, 0.2) is 0 Å². The molecule has 0 rings (SSSR count). The molecular weight excluding hydrogens is 182 g/mol. The second kappa shape index (κ2) is 4.89. The van der Waals surface area contributed by atoms with E-state index in [0.29, 0.717) is 11.8 Å². The van der Waals surface area contributed by atoms with Crippen LogP contribution in [0.25, 0.3) is 0 Å². The summed E-state index contributed by atoms with van der Waals surface area (Å²) in [5, 5.41) is 7.64. The standard InChI is InChI=1S/C6H9NO4S/c1-3(8)6(11)12-2-4(7)5(9)10/h4H,2,7H2,1H3,(H,9,10)/t4-/m0/s1. The number of rotatable bonds is 4. The fourth-order valence-corrected chi connectivity index (χ4v) is 1.02. The van der Waals surface area contributed by atoms with E-state index in [2.05, 4.69) is 0 Å². The van der Waals surface area contributed by atoms with Crippen LogP contribution in [0.2, 0.25) is 0 Å². The van der Waals surface area contributed by atoms with Gasteiger partial charge in [0.15, 0.2) is 0 Å². The van der Waals surface area contributed by atoms with Gasteiger partial charge >= 0.3 is 5.97 Å². The Balaban J connectivity index is 3.76. The van der Waals surface area contributed by atoms with Crippen LogP contribution in [-0.2, 0) is 14.4 Å². The highest BCUT2D eigenvalue weighted by molar-refractivity contribution is 8.15. The number of nitrogens with two attached hydrogens (primary N) is 1. The minimum atomic E-state index is -1.18. The van der Waals surface area contributed by atoms with Crippen LogP contribution in [-0.4, -0.2) is 33.8 Å². The third-order valence-corrected chi connectivity index (χ3v) is 2.07. The van der Waals surface area contributed by atoms with Crippen molar-refractivity contribution in [1.29, 1.82) is 0 Å². The van der Waals surface area contributed by atoms with Crippen molar-refractivity contribution in [3.8, 4) is 0 Å². The van der Waals surface area contributed by atoms with Gasteiger partial charge in [-0.05, 0) is 0 Å². The molecule has 0 bridgehead atoms. The van der Waals surface area contributed by atoms with E-state index >= 15 is 0 Å². The van der Waals surface area contributed by atoms with Crippen molar-refractivity contribution in [3.05, 3.63) is 0 Å². The van der Waals surface area contributed by atoms with Crippen molar-refractivity contribution >= 4 is 28.6 Å². The lowest BCUT2D eigenvalue weighted by Crippen LogP contribution is -2.33. The smallest absolute Gasteiger partial charge is 0.321 e. The van der Waals surface area contributed by atoms with Gasteiger partial charge in [0.1, 0.15) is 6.04 Å². The molecule has 0 aliphatic rings. The van der Waals surface area contributed by atoms with Gasteiger partial charge in [0.05, 0.1) is 0 Å². The van der Waals surface area contributed by atoms with Crippen LogP contribution in [0.4, 0.5) is 0 Å². The number of carbonyl (C=O) groups excluding carboxylic acids is 2. The molecule has 0 spiro atoms. The first-order valence-corrected chi connectivity index (χ1v) is 4.09. The topological polar surface area (TPSA) is 97.5 Å². The summed E-state index contributed by atoms with van der Waals surface area (Å²) in [6.07, 6.45) is 0. The minimum Gasteiger partial charge on any atom is -0.480 e. The van der Waals surface area contributed by atoms with Gasteiger partial charge in [0.2, 0.25) is 5.78 Å². The second-order valence-corrected chi connectivity index (χ2v) is 3.09. The van der Waals surface area contributed by atoms with Crippen LogP contribution in [0, 0.1) is 0 Å². The normalized spacial score (nSPS) is 12.2. The van der Waals surface area contributed by atoms with Crippen molar-refractivity contribution in [2.24, 2.45) is 5.73 Å². The highest BCUT2D eigenvalue weighted by Crippen LogP contribution is 2.03. The lowest BCUT2D eigenvalue weighted by atomic mass is 10.4. The predicted octanol–water partition coefficient (Wildman–Crippen LogP) is -0.753. The molecule has 5 nitrogen and oxygen atoms in total. The average molecular weight is 191 g/mol. The molecule has 1 atom stereocenters. The predicted molar refractivity (Wildman–Crippen MR) is 43.8 cm³/mol. The zero-order valence-electron chi connectivity index (χ0n) is 6.44. The molecule has 0 aromatic rings. The summed E-state index contributed by atoms with van der Waals surface area (Å²) in [5.74, 6) is -1.86. The zero-order valence-corrected chi connectivity index (χ0v) is 7.26. The summed E-state index contributed by atoms with van der Waals surface area (Å²) in [6.45, 7) is 1.13. The Kier molecular flexibility index (Phi) is 4.53. The second-order valence-electron chi connectivity index (χ2n) is 2.10. The molecule has 0 saturated heterocycles. The summed E-state index contributed by atoms with van der Waals surface area (Å²) >= 11 is 0.627. The Bertz CT molecular complexity index is 216. The van der Waals surface area contributed by atoms with E-state index < -0.39 is 22.9 Å². The van der Waals surface area contributed by atoms with E-state index in [0.717, 1.165) is 6.92 Å². The molecule has 0 aromatic carbocycles. The number of thioether (sulfide) groups is 1. The largest absolute Gasteiger partial charge is 0.480 e. The average Bonchev–Trinajstić information content (AvgIpc) is 1.98. The quantitative estimate of drug-likeness (QED) is 0.567. The number of hydrogen-bond acceptors (Lipinski definition) is 5. The van der Waals surface area contributed by atoms with Gasteiger partial charge in [-0.3, -0.25) is 14.4 Å². The summed E-state index contributed by atoms with van der Waals surface area (Å²) in [6, 6.07) is -1.10. The van der Waals surface area contributed by atoms with Crippen molar-refractivity contribution in [3.63, 3.8) is 0 Å². The van der Waals surface area contributed by atoms with Crippen LogP contribution < -0.4 is 5.73 Å². The van der Waals surface area contributed by atoms with Crippen molar-refractivity contribution in [2.75, 3.05) is 5.75 Å². The fourth-order valence-electron chi connectivity index (χ4n) is 0.338. The van der Waals surface area contributed by atoms with Gasteiger partial charge in [-0.15, -0.1) is 0 Å². The third-order valence-electron chi connectivity index (χ3n) is 0.999. The fraction of sp³-hybridized carbons (Fsp3) is 0.500. The lowest BCUT2D eigenvalue weighted by molar-refractivity contribution is -0.137. The monoisotopic (exact) mass is 191 g/mol. The van der Waals surface area contributed by atoms with Crippen LogP contribution in [0.1, 0.15) is 6.92 Å². The molecule has 0 radical (unpaired) electrons. The van der Waals surface area contributed by atoms with Gasteiger partial charge < -0.3 is 10.8 Å². The molecule has 0 unspecified atom stereocenters. The first kappa shape index (κ1) is 11.1. The molecule has 0 fully saturated rings. The van der Waals surface area contributed by atoms with Crippen LogP contribution >= 0.6 is 11.8 Å². The maximum absolute atomic E-state index is 10.6. The molecule has 12 heavy (non-hydrogen) atoms. The van der Waals surface area contributed by atoms with Gasteiger partial charge in [0, 0.05) is 12.7 Å². The summed E-state index contributed by atoms with van der Waals surface area (Å²) in [7, 11) is 0. The summed E-state index contributed by atoms with van der Waals surface area (Å²) < 4.78 is 0. The molecule has 3 N–H and O–H groups in total. The number of carboxylic acids is 1. The van der Waals surface area contributed by atoms with E-state index in [9.17, 15) is 14.4 Å². The minimum absolute atomic E-state index is 0.0756.